The molecule has 0 saturated carbocycles. The summed E-state index contributed by atoms with van der Waals surface area (Å²) in [6, 6.07) is 16.5. The molecule has 3 saturated heterocycles. The lowest BCUT2D eigenvalue weighted by molar-refractivity contribution is -0.146. The van der Waals surface area contributed by atoms with Crippen molar-refractivity contribution in [3.05, 3.63) is 60.2 Å². The first kappa shape index (κ1) is 30.0. The first-order chi connectivity index (χ1) is 20.2. The van der Waals surface area contributed by atoms with Gasteiger partial charge in [0, 0.05) is 44.2 Å². The second kappa shape index (κ2) is 12.1. The summed E-state index contributed by atoms with van der Waals surface area (Å²) in [5.74, 6) is -2.27. The van der Waals surface area contributed by atoms with E-state index in [2.05, 4.69) is 29.4 Å². The highest BCUT2D eigenvalue weighted by atomic mass is 16.5. The first-order valence-electron chi connectivity index (χ1n) is 15.3. The van der Waals surface area contributed by atoms with Crippen LogP contribution in [0.1, 0.15) is 52.5 Å². The van der Waals surface area contributed by atoms with E-state index in [9.17, 15) is 19.5 Å². The predicted molar refractivity (Wildman–Crippen MR) is 162 cm³/mol. The van der Waals surface area contributed by atoms with E-state index >= 15 is 0 Å². The summed E-state index contributed by atoms with van der Waals surface area (Å²) < 4.78 is 6.79. The molecule has 0 radical (unpaired) electrons. The van der Waals surface area contributed by atoms with E-state index in [-0.39, 0.29) is 30.2 Å². The predicted octanol–water partition coefficient (Wildman–Crippen LogP) is 3.57. The van der Waals surface area contributed by atoms with Gasteiger partial charge in [0.25, 0.3) is 0 Å². The number of nitrogens with zero attached hydrogens (tertiary/aromatic N) is 2. The minimum atomic E-state index is -1.11. The number of nitrogens with one attached hydrogen (secondary N) is 2. The molecule has 9 nitrogen and oxygen atoms in total. The van der Waals surface area contributed by atoms with Crippen LogP contribution in [0.15, 0.2) is 54.6 Å². The molecular formula is C33H44N4O5. The molecule has 3 unspecified atom stereocenters. The van der Waals surface area contributed by atoms with Gasteiger partial charge in [-0.25, -0.2) is 0 Å². The summed E-state index contributed by atoms with van der Waals surface area (Å²) in [5, 5.41) is 15.5. The van der Waals surface area contributed by atoms with Gasteiger partial charge in [-0.2, -0.15) is 0 Å². The molecule has 3 aliphatic heterocycles. The van der Waals surface area contributed by atoms with E-state index in [1.807, 2.05) is 68.4 Å². The van der Waals surface area contributed by atoms with Crippen molar-refractivity contribution < 1.29 is 24.2 Å². The van der Waals surface area contributed by atoms with Crippen LogP contribution < -0.4 is 15.5 Å². The number of unbranched alkanes of at least 4 members (excludes halogenated alkanes) is 1. The number of hydrogen-bond donors (Lipinski definition) is 3. The Hall–Kier alpha value is -3.43. The molecule has 3 heterocycles. The summed E-state index contributed by atoms with van der Waals surface area (Å²) in [6.07, 6.45) is 1.57. The molecule has 9 heteroatoms. The highest BCUT2D eigenvalue weighted by molar-refractivity contribution is 6.03. The molecule has 226 valence electrons. The minimum absolute atomic E-state index is 0.00245. The van der Waals surface area contributed by atoms with E-state index < -0.39 is 29.1 Å². The average molecular weight is 577 g/mol. The van der Waals surface area contributed by atoms with Gasteiger partial charge in [-0.3, -0.25) is 14.4 Å². The van der Waals surface area contributed by atoms with Crippen LogP contribution in [0.2, 0.25) is 0 Å². The number of fused-ring (bicyclic) bond motifs is 1. The topological polar surface area (TPSA) is 111 Å². The Kier molecular flexibility index (Phi) is 8.62. The number of likely N-dealkylation sites (tertiary alicyclic amines) is 1. The van der Waals surface area contributed by atoms with Crippen LogP contribution in [0.3, 0.4) is 0 Å². The Morgan fingerprint density at radius 2 is 1.74 bits per heavy atom. The third-order valence-corrected chi connectivity index (χ3v) is 9.73. The van der Waals surface area contributed by atoms with Gasteiger partial charge in [-0.15, -0.1) is 0 Å². The van der Waals surface area contributed by atoms with Gasteiger partial charge in [0.05, 0.1) is 17.4 Å². The van der Waals surface area contributed by atoms with E-state index in [1.165, 1.54) is 0 Å². The van der Waals surface area contributed by atoms with Crippen molar-refractivity contribution in [3.8, 4) is 0 Å². The lowest BCUT2D eigenvalue weighted by Crippen LogP contribution is -2.54. The highest BCUT2D eigenvalue weighted by Crippen LogP contribution is 2.65. The van der Waals surface area contributed by atoms with Gasteiger partial charge < -0.3 is 30.3 Å². The number of hydrogen-bond acceptors (Lipinski definition) is 6. The fourth-order valence-electron chi connectivity index (χ4n) is 7.52. The highest BCUT2D eigenvalue weighted by Gasteiger charge is 2.79. The second-order valence-electron chi connectivity index (χ2n) is 12.1. The van der Waals surface area contributed by atoms with Gasteiger partial charge in [0.15, 0.2) is 0 Å². The van der Waals surface area contributed by atoms with Crippen molar-refractivity contribution in [2.24, 2.45) is 17.8 Å². The molecule has 0 aliphatic carbocycles. The molecule has 5 rings (SSSR count). The monoisotopic (exact) mass is 576 g/mol. The fraction of sp³-hybridized carbons (Fsp3) is 0.545. The van der Waals surface area contributed by atoms with E-state index in [1.54, 1.807) is 4.90 Å². The second-order valence-corrected chi connectivity index (χ2v) is 12.1. The largest absolute Gasteiger partial charge is 0.396 e. The average Bonchev–Trinajstić information content (AvgIpc) is 3.50. The molecule has 2 aromatic rings. The van der Waals surface area contributed by atoms with Crippen molar-refractivity contribution in [3.63, 3.8) is 0 Å². The Labute approximate surface area is 248 Å². The lowest BCUT2D eigenvalue weighted by Gasteiger charge is -2.36. The molecule has 3 aliphatic rings. The molecule has 3 N–H and O–H groups in total. The van der Waals surface area contributed by atoms with Crippen molar-refractivity contribution in [1.29, 1.82) is 0 Å². The van der Waals surface area contributed by atoms with Gasteiger partial charge in [-0.05, 0) is 75.8 Å². The number of aliphatic hydroxyl groups excluding tert-OH is 1. The maximum Gasteiger partial charge on any atom is 0.250 e. The summed E-state index contributed by atoms with van der Waals surface area (Å²) in [6.45, 7) is 10.6. The normalized spacial score (nSPS) is 29.5. The third kappa shape index (κ3) is 5.07. The molecule has 2 aromatic carbocycles. The summed E-state index contributed by atoms with van der Waals surface area (Å²) in [7, 11) is 0. The number of ether oxygens (including phenoxy) is 1. The molecule has 2 bridgehead atoms. The van der Waals surface area contributed by atoms with Crippen molar-refractivity contribution in [2.45, 2.75) is 70.7 Å². The Bertz CT molecular complexity index is 1280. The number of anilines is 2. The summed E-state index contributed by atoms with van der Waals surface area (Å²) in [5.41, 5.74) is 0.701. The van der Waals surface area contributed by atoms with Gasteiger partial charge in [0.1, 0.15) is 11.6 Å². The fourth-order valence-corrected chi connectivity index (χ4v) is 7.52. The maximum atomic E-state index is 14.2. The third-order valence-electron chi connectivity index (χ3n) is 9.73. The number of rotatable bonds is 12. The zero-order valence-electron chi connectivity index (χ0n) is 25.1. The lowest BCUT2D eigenvalue weighted by atomic mass is 9.62. The Balaban J connectivity index is 1.43. The van der Waals surface area contributed by atoms with E-state index in [4.69, 9.17) is 4.74 Å². The molecule has 42 heavy (non-hydrogen) atoms. The van der Waals surface area contributed by atoms with E-state index in [0.29, 0.717) is 38.0 Å². The van der Waals surface area contributed by atoms with Crippen LogP contribution >= 0.6 is 0 Å². The maximum absolute atomic E-state index is 14.2. The quantitative estimate of drug-likeness (QED) is 0.333. The molecule has 1 spiro atoms. The van der Waals surface area contributed by atoms with Crippen LogP contribution in [-0.4, -0.2) is 71.2 Å². The van der Waals surface area contributed by atoms with Gasteiger partial charge in [-0.1, -0.05) is 37.3 Å². The van der Waals surface area contributed by atoms with Crippen LogP contribution in [0.4, 0.5) is 11.4 Å². The number of benzene rings is 2. The van der Waals surface area contributed by atoms with Gasteiger partial charge >= 0.3 is 0 Å². The zero-order valence-corrected chi connectivity index (χ0v) is 25.1. The number of carbonyl (C=O) groups excluding carboxylic acids is 3. The van der Waals surface area contributed by atoms with Crippen molar-refractivity contribution >= 4 is 29.1 Å². The molecular weight excluding hydrogens is 532 g/mol. The van der Waals surface area contributed by atoms with Crippen molar-refractivity contribution in [2.75, 3.05) is 36.5 Å². The number of amides is 3. The Morgan fingerprint density at radius 1 is 1.05 bits per heavy atom. The zero-order chi connectivity index (χ0) is 30.1. The molecule has 0 aromatic heterocycles. The minimum Gasteiger partial charge on any atom is -0.396 e. The smallest absolute Gasteiger partial charge is 0.250 e. The standard InChI is InChI=1S/C33H44N4O5/c1-5-36(6-2)25-16-14-24(15-17-25)35-30(40)28-33-20-22(3)32(4,42-33)26(27(33)31(41)37(28)18-10-11-19-38)29(39)34-21-23-12-8-7-9-13-23/h7-9,12-17,22,26-28,38H,5-6,10-11,18-21H2,1-4H3,(H,34,39)(H,35,40)/t22?,26-,27-,28?,32+,33?/m0/s1. The molecule has 3 fully saturated rings. The van der Waals surface area contributed by atoms with Crippen LogP contribution in [0, 0.1) is 17.8 Å². The first-order valence-corrected chi connectivity index (χ1v) is 15.3. The summed E-state index contributed by atoms with van der Waals surface area (Å²) in [4.78, 5) is 45.9. The van der Waals surface area contributed by atoms with Crippen LogP contribution in [-0.2, 0) is 25.7 Å². The van der Waals surface area contributed by atoms with E-state index in [0.717, 1.165) is 24.3 Å². The summed E-state index contributed by atoms with van der Waals surface area (Å²) >= 11 is 0. The molecule has 6 atom stereocenters. The Morgan fingerprint density at radius 3 is 2.38 bits per heavy atom. The van der Waals surface area contributed by atoms with Crippen molar-refractivity contribution in [1.82, 2.24) is 10.2 Å². The SMILES string of the molecule is CCN(CC)c1ccc(NC(=O)C2N(CCCCO)C(=O)[C@@H]3[C@@H](C(=O)NCc4ccccc4)[C@]4(C)OC23CC4C)cc1. The number of aliphatic hydroxyl groups is 1. The number of carbonyl (C=O) groups is 3. The van der Waals surface area contributed by atoms with Crippen LogP contribution in [0.25, 0.3) is 0 Å². The molecule has 3 amide bonds. The van der Waals surface area contributed by atoms with Crippen LogP contribution in [0.5, 0.6) is 0 Å². The van der Waals surface area contributed by atoms with Gasteiger partial charge in [0.2, 0.25) is 17.7 Å².